The number of carbonyl (C=O) groups excluding carboxylic acids is 1. The molecule has 1 heterocycles. The Kier molecular flexibility index (Phi) is 9.87. The predicted molar refractivity (Wildman–Crippen MR) is 107 cm³/mol. The second kappa shape index (κ2) is 12.1. The maximum atomic E-state index is 12.9. The monoisotopic (exact) mass is 394 g/mol. The minimum atomic E-state index is -0.531. The van der Waals surface area contributed by atoms with Crippen LogP contribution in [0.4, 0.5) is 0 Å². The zero-order valence-corrected chi connectivity index (χ0v) is 17.3. The van der Waals surface area contributed by atoms with Crippen LogP contribution in [0.25, 0.3) is 0 Å². The van der Waals surface area contributed by atoms with E-state index in [1.54, 1.807) is 12.0 Å². The third-order valence-corrected chi connectivity index (χ3v) is 4.61. The van der Waals surface area contributed by atoms with Crippen molar-refractivity contribution >= 4 is 5.91 Å². The molecule has 0 aromatic heterocycles. The fourth-order valence-electron chi connectivity index (χ4n) is 3.20. The molecule has 1 aromatic carbocycles. The summed E-state index contributed by atoms with van der Waals surface area (Å²) < 4.78 is 16.6. The normalized spacial score (nSPS) is 19.0. The minimum absolute atomic E-state index is 0.0243. The Labute approximate surface area is 168 Å². The largest absolute Gasteiger partial charge is 0.389 e. The number of aliphatic hydroxyl groups is 1. The number of morpholine rings is 1. The molecule has 1 N–H and O–H groups in total. The molecule has 2 rings (SSSR count). The van der Waals surface area contributed by atoms with Crippen molar-refractivity contribution in [1.29, 1.82) is 0 Å². The molecule has 28 heavy (non-hydrogen) atoms. The topological polar surface area (TPSA) is 71.5 Å². The van der Waals surface area contributed by atoms with Crippen LogP contribution in [-0.2, 0) is 14.2 Å². The zero-order valence-electron chi connectivity index (χ0n) is 17.3. The Hall–Kier alpha value is -1.51. The number of ether oxygens (including phenoxy) is 3. The standard InChI is InChI=1S/C21H34N2O5/c1-17(2)28-16-19(24)13-22-9-12-27-20(14-22)15-23(10-11-26-3)21(25)18-7-5-4-6-8-18/h4-8,17,19-20,24H,9-16H2,1-3H3/t19-,20+/m0/s1. The van der Waals surface area contributed by atoms with E-state index in [-0.39, 0.29) is 18.1 Å². The lowest BCUT2D eigenvalue weighted by Crippen LogP contribution is -2.51. The summed E-state index contributed by atoms with van der Waals surface area (Å²) in [6.45, 7) is 8.26. The highest BCUT2D eigenvalue weighted by atomic mass is 16.5. The van der Waals surface area contributed by atoms with Crippen LogP contribution in [0.3, 0.4) is 0 Å². The molecule has 1 fully saturated rings. The van der Waals surface area contributed by atoms with E-state index in [2.05, 4.69) is 4.90 Å². The summed E-state index contributed by atoms with van der Waals surface area (Å²) in [5.74, 6) is -0.0243. The quantitative estimate of drug-likeness (QED) is 0.609. The van der Waals surface area contributed by atoms with Crippen molar-refractivity contribution in [3.63, 3.8) is 0 Å². The molecule has 158 valence electrons. The van der Waals surface area contributed by atoms with Crippen molar-refractivity contribution in [2.24, 2.45) is 0 Å². The lowest BCUT2D eigenvalue weighted by molar-refractivity contribution is -0.0634. The van der Waals surface area contributed by atoms with E-state index in [0.717, 1.165) is 6.54 Å². The van der Waals surface area contributed by atoms with Crippen molar-refractivity contribution in [2.75, 3.05) is 59.7 Å². The molecular formula is C21H34N2O5. The van der Waals surface area contributed by atoms with Crippen LogP contribution >= 0.6 is 0 Å². The highest BCUT2D eigenvalue weighted by molar-refractivity contribution is 5.94. The van der Waals surface area contributed by atoms with Gasteiger partial charge in [0.1, 0.15) is 0 Å². The SMILES string of the molecule is COCCN(C[C@H]1CN(C[C@H](O)COC(C)C)CCO1)C(=O)c1ccccc1. The number of hydrogen-bond acceptors (Lipinski definition) is 6. The van der Waals surface area contributed by atoms with Gasteiger partial charge >= 0.3 is 0 Å². The van der Waals surface area contributed by atoms with Crippen molar-refractivity contribution < 1.29 is 24.1 Å². The van der Waals surface area contributed by atoms with E-state index >= 15 is 0 Å². The van der Waals surface area contributed by atoms with Crippen LogP contribution in [0.5, 0.6) is 0 Å². The van der Waals surface area contributed by atoms with Gasteiger partial charge in [0.05, 0.1) is 38.1 Å². The molecule has 1 aromatic rings. The highest BCUT2D eigenvalue weighted by Gasteiger charge is 2.26. The number of aliphatic hydroxyl groups excluding tert-OH is 1. The van der Waals surface area contributed by atoms with Gasteiger partial charge in [-0.2, -0.15) is 0 Å². The summed E-state index contributed by atoms with van der Waals surface area (Å²) in [6, 6.07) is 9.26. The van der Waals surface area contributed by atoms with Gasteiger partial charge in [-0.3, -0.25) is 9.69 Å². The number of β-amino-alcohol motifs (C(OH)–C–C–N with tert-alkyl or cyclic N) is 1. The van der Waals surface area contributed by atoms with Crippen molar-refractivity contribution in [2.45, 2.75) is 32.2 Å². The third kappa shape index (κ3) is 7.85. The van der Waals surface area contributed by atoms with Gasteiger partial charge in [-0.15, -0.1) is 0 Å². The molecule has 1 saturated heterocycles. The molecule has 1 aliphatic heterocycles. The summed E-state index contributed by atoms with van der Waals surface area (Å²) in [7, 11) is 1.63. The summed E-state index contributed by atoms with van der Waals surface area (Å²) in [6.07, 6.45) is -0.529. The van der Waals surface area contributed by atoms with Crippen LogP contribution in [0, 0.1) is 0 Å². The smallest absolute Gasteiger partial charge is 0.254 e. The predicted octanol–water partition coefficient (Wildman–Crippen LogP) is 1.26. The van der Waals surface area contributed by atoms with Crippen molar-refractivity contribution in [3.05, 3.63) is 35.9 Å². The van der Waals surface area contributed by atoms with Crippen LogP contribution in [0.1, 0.15) is 24.2 Å². The molecule has 0 bridgehead atoms. The average molecular weight is 395 g/mol. The lowest BCUT2D eigenvalue weighted by atomic mass is 10.1. The molecule has 0 saturated carbocycles. The third-order valence-electron chi connectivity index (χ3n) is 4.61. The lowest BCUT2D eigenvalue weighted by Gasteiger charge is -2.36. The fourth-order valence-corrected chi connectivity index (χ4v) is 3.20. The van der Waals surface area contributed by atoms with Crippen LogP contribution in [0.2, 0.25) is 0 Å². The van der Waals surface area contributed by atoms with Crippen molar-refractivity contribution in [3.8, 4) is 0 Å². The first kappa shape index (κ1) is 22.8. The Balaban J connectivity index is 1.91. The van der Waals surface area contributed by atoms with Crippen LogP contribution in [-0.4, -0.2) is 98.8 Å². The number of rotatable bonds is 11. The molecule has 7 heteroatoms. The number of nitrogens with zero attached hydrogens (tertiary/aromatic N) is 2. The van der Waals surface area contributed by atoms with E-state index in [4.69, 9.17) is 14.2 Å². The molecule has 0 radical (unpaired) electrons. The van der Waals surface area contributed by atoms with E-state index < -0.39 is 6.10 Å². The number of benzene rings is 1. The molecule has 7 nitrogen and oxygen atoms in total. The van der Waals surface area contributed by atoms with Gasteiger partial charge in [-0.1, -0.05) is 18.2 Å². The first-order chi connectivity index (χ1) is 13.5. The molecular weight excluding hydrogens is 360 g/mol. The summed E-state index contributed by atoms with van der Waals surface area (Å²) >= 11 is 0. The maximum Gasteiger partial charge on any atom is 0.254 e. The summed E-state index contributed by atoms with van der Waals surface area (Å²) in [4.78, 5) is 16.8. The van der Waals surface area contributed by atoms with Gasteiger partial charge in [0.25, 0.3) is 5.91 Å². The van der Waals surface area contributed by atoms with Gasteiger partial charge in [-0.05, 0) is 26.0 Å². The second-order valence-corrected chi connectivity index (χ2v) is 7.40. The maximum absolute atomic E-state index is 12.9. The molecule has 0 spiro atoms. The van der Waals surface area contributed by atoms with Crippen LogP contribution < -0.4 is 0 Å². The Bertz CT molecular complexity index is 569. The fraction of sp³-hybridized carbons (Fsp3) is 0.667. The average Bonchev–Trinajstić information content (AvgIpc) is 2.70. The molecule has 2 atom stereocenters. The molecule has 0 aliphatic carbocycles. The number of hydrogen-bond donors (Lipinski definition) is 1. The van der Waals surface area contributed by atoms with Crippen molar-refractivity contribution in [1.82, 2.24) is 9.80 Å². The van der Waals surface area contributed by atoms with Gasteiger partial charge in [0, 0.05) is 45.4 Å². The van der Waals surface area contributed by atoms with E-state index in [0.29, 0.717) is 51.6 Å². The number of carbonyl (C=O) groups is 1. The summed E-state index contributed by atoms with van der Waals surface area (Å²) in [5.41, 5.74) is 0.660. The number of methoxy groups -OCH3 is 1. The van der Waals surface area contributed by atoms with E-state index in [1.807, 2.05) is 44.2 Å². The Morgan fingerprint density at radius 3 is 2.79 bits per heavy atom. The van der Waals surface area contributed by atoms with E-state index in [9.17, 15) is 9.90 Å². The van der Waals surface area contributed by atoms with Gasteiger partial charge in [-0.25, -0.2) is 0 Å². The highest BCUT2D eigenvalue weighted by Crippen LogP contribution is 2.11. The van der Waals surface area contributed by atoms with Gasteiger partial charge < -0.3 is 24.2 Å². The molecule has 1 amide bonds. The van der Waals surface area contributed by atoms with E-state index in [1.165, 1.54) is 0 Å². The van der Waals surface area contributed by atoms with Gasteiger partial charge in [0.2, 0.25) is 0 Å². The molecule has 0 unspecified atom stereocenters. The van der Waals surface area contributed by atoms with Gasteiger partial charge in [0.15, 0.2) is 0 Å². The Morgan fingerprint density at radius 1 is 1.36 bits per heavy atom. The Morgan fingerprint density at radius 2 is 2.11 bits per heavy atom. The summed E-state index contributed by atoms with van der Waals surface area (Å²) in [5, 5.41) is 10.2. The first-order valence-corrected chi connectivity index (χ1v) is 9.96. The number of amides is 1. The minimum Gasteiger partial charge on any atom is -0.389 e. The zero-order chi connectivity index (χ0) is 20.4. The molecule has 1 aliphatic rings. The second-order valence-electron chi connectivity index (χ2n) is 7.40. The van der Waals surface area contributed by atoms with Crippen LogP contribution in [0.15, 0.2) is 30.3 Å². The first-order valence-electron chi connectivity index (χ1n) is 9.96.